The average molecular weight is 345 g/mol. The van der Waals surface area contributed by atoms with Gasteiger partial charge in [-0.05, 0) is 49.8 Å². The maximum atomic E-state index is 12.5. The van der Waals surface area contributed by atoms with Crippen molar-refractivity contribution < 1.29 is 4.79 Å². The summed E-state index contributed by atoms with van der Waals surface area (Å²) in [6, 6.07) is 5.72. The fourth-order valence-electron chi connectivity index (χ4n) is 2.68. The van der Waals surface area contributed by atoms with Crippen molar-refractivity contribution in [2.45, 2.75) is 38.6 Å². The molecule has 1 fully saturated rings. The summed E-state index contributed by atoms with van der Waals surface area (Å²) in [5.74, 6) is 0.850. The smallest absolute Gasteiger partial charge is 0.253 e. The average Bonchev–Trinajstić information content (AvgIpc) is 2.37. The number of benzene rings is 1. The van der Waals surface area contributed by atoms with Gasteiger partial charge in [-0.3, -0.25) is 4.79 Å². The van der Waals surface area contributed by atoms with E-state index in [9.17, 15) is 4.79 Å². The molecule has 2 rings (SSSR count). The summed E-state index contributed by atoms with van der Waals surface area (Å²) < 4.78 is 0.842. The highest BCUT2D eigenvalue weighted by molar-refractivity contribution is 9.10. The molecule has 0 aromatic heterocycles. The van der Waals surface area contributed by atoms with Crippen molar-refractivity contribution in [2.24, 2.45) is 5.92 Å². The Balaban J connectivity index is 2.10. The van der Waals surface area contributed by atoms with E-state index in [0.717, 1.165) is 23.2 Å². The minimum absolute atomic E-state index is 0.0581. The fraction of sp³-hybridized carbons (Fsp3) is 0.533. The maximum Gasteiger partial charge on any atom is 0.253 e. The van der Waals surface area contributed by atoms with E-state index in [1.54, 1.807) is 12.1 Å². The van der Waals surface area contributed by atoms with E-state index in [1.165, 1.54) is 12.8 Å². The predicted molar refractivity (Wildman–Crippen MR) is 82.7 cm³/mol. The molecule has 0 atom stereocenters. The molecule has 2 nitrogen and oxygen atoms in total. The number of rotatable bonds is 2. The van der Waals surface area contributed by atoms with Gasteiger partial charge >= 0.3 is 0 Å². The van der Waals surface area contributed by atoms with Crippen LogP contribution in [0.2, 0.25) is 5.02 Å². The van der Waals surface area contributed by atoms with Crippen LogP contribution in [0.3, 0.4) is 0 Å². The zero-order valence-corrected chi connectivity index (χ0v) is 13.7. The van der Waals surface area contributed by atoms with Gasteiger partial charge in [0.1, 0.15) is 0 Å². The lowest BCUT2D eigenvalue weighted by Crippen LogP contribution is -2.39. The number of carbonyl (C=O) groups is 1. The van der Waals surface area contributed by atoms with Gasteiger partial charge in [0.15, 0.2) is 0 Å². The first-order valence-electron chi connectivity index (χ1n) is 6.70. The Morgan fingerprint density at radius 1 is 1.26 bits per heavy atom. The summed E-state index contributed by atoms with van der Waals surface area (Å²) >= 11 is 9.38. The minimum atomic E-state index is 0.0581. The summed E-state index contributed by atoms with van der Waals surface area (Å²) in [4.78, 5) is 14.4. The van der Waals surface area contributed by atoms with Crippen LogP contribution < -0.4 is 0 Å². The van der Waals surface area contributed by atoms with Crippen LogP contribution in [-0.4, -0.2) is 23.9 Å². The van der Waals surface area contributed by atoms with Crippen LogP contribution in [-0.2, 0) is 0 Å². The van der Waals surface area contributed by atoms with E-state index in [-0.39, 0.29) is 5.91 Å². The first-order valence-corrected chi connectivity index (χ1v) is 7.87. The lowest BCUT2D eigenvalue weighted by Gasteiger charge is -2.33. The van der Waals surface area contributed by atoms with E-state index in [2.05, 4.69) is 22.9 Å². The van der Waals surface area contributed by atoms with Crippen molar-refractivity contribution in [1.29, 1.82) is 0 Å². The molecule has 0 N–H and O–H groups in total. The molecule has 19 heavy (non-hydrogen) atoms. The molecule has 1 aromatic carbocycles. The van der Waals surface area contributed by atoms with E-state index < -0.39 is 0 Å². The number of nitrogens with zero attached hydrogens (tertiary/aromatic N) is 1. The second-order valence-corrected chi connectivity index (χ2v) is 6.84. The van der Waals surface area contributed by atoms with Gasteiger partial charge in [-0.1, -0.05) is 34.5 Å². The van der Waals surface area contributed by atoms with E-state index in [0.29, 0.717) is 16.6 Å². The molecule has 0 spiro atoms. The lowest BCUT2D eigenvalue weighted by atomic mass is 9.86. The second kappa shape index (κ2) is 6.27. The van der Waals surface area contributed by atoms with Gasteiger partial charge in [-0.25, -0.2) is 0 Å². The molecule has 0 heterocycles. The Morgan fingerprint density at radius 3 is 2.47 bits per heavy atom. The third-order valence-corrected chi connectivity index (χ3v) is 4.64. The Labute approximate surface area is 128 Å². The second-order valence-electron chi connectivity index (χ2n) is 5.49. The molecule has 104 valence electrons. The van der Waals surface area contributed by atoms with Gasteiger partial charge in [0.2, 0.25) is 0 Å². The highest BCUT2D eigenvalue weighted by atomic mass is 79.9. The summed E-state index contributed by atoms with van der Waals surface area (Å²) in [7, 11) is 1.90. The van der Waals surface area contributed by atoms with Crippen molar-refractivity contribution in [3.63, 3.8) is 0 Å². The lowest BCUT2D eigenvalue weighted by molar-refractivity contribution is 0.0679. The van der Waals surface area contributed by atoms with Crippen molar-refractivity contribution in [1.82, 2.24) is 4.90 Å². The van der Waals surface area contributed by atoms with E-state index in [4.69, 9.17) is 11.6 Å². The van der Waals surface area contributed by atoms with Crippen LogP contribution in [0.1, 0.15) is 43.0 Å². The molecule has 1 saturated carbocycles. The highest BCUT2D eigenvalue weighted by Crippen LogP contribution is 2.28. The van der Waals surface area contributed by atoms with Gasteiger partial charge in [0.05, 0.1) is 0 Å². The summed E-state index contributed by atoms with van der Waals surface area (Å²) in [5.41, 5.74) is 0.653. The van der Waals surface area contributed by atoms with Crippen LogP contribution in [0.4, 0.5) is 0 Å². The zero-order chi connectivity index (χ0) is 14.0. The fourth-order valence-corrected chi connectivity index (χ4v) is 3.54. The predicted octanol–water partition coefficient (Wildman–Crippen LogP) is 4.75. The third-order valence-electron chi connectivity index (χ3n) is 3.96. The standard InChI is InChI=1S/C15H19BrClNO/c1-10-3-5-14(6-4-10)18(2)15(19)11-7-12(16)9-13(17)8-11/h7-10,14H,3-6H2,1-2H3. The molecule has 1 aromatic rings. The van der Waals surface area contributed by atoms with Crippen LogP contribution >= 0.6 is 27.5 Å². The normalized spacial score (nSPS) is 23.2. The number of carbonyl (C=O) groups excluding carboxylic acids is 1. The minimum Gasteiger partial charge on any atom is -0.339 e. The monoisotopic (exact) mass is 343 g/mol. The Hall–Kier alpha value is -0.540. The largest absolute Gasteiger partial charge is 0.339 e. The van der Waals surface area contributed by atoms with Crippen LogP contribution in [0, 0.1) is 5.92 Å². The van der Waals surface area contributed by atoms with E-state index >= 15 is 0 Å². The quantitative estimate of drug-likeness (QED) is 0.758. The van der Waals surface area contributed by atoms with Gasteiger partial charge < -0.3 is 4.90 Å². The molecule has 1 aliphatic carbocycles. The zero-order valence-electron chi connectivity index (χ0n) is 11.3. The molecule has 1 aliphatic rings. The molecular weight excluding hydrogens is 326 g/mol. The topological polar surface area (TPSA) is 20.3 Å². The summed E-state index contributed by atoms with van der Waals surface area (Å²) in [6.07, 6.45) is 4.62. The van der Waals surface area contributed by atoms with Crippen molar-refractivity contribution in [2.75, 3.05) is 7.05 Å². The Morgan fingerprint density at radius 2 is 1.89 bits per heavy atom. The first-order chi connectivity index (χ1) is 8.97. The van der Waals surface area contributed by atoms with Gasteiger partial charge in [-0.15, -0.1) is 0 Å². The summed E-state index contributed by atoms with van der Waals surface area (Å²) in [6.45, 7) is 2.28. The molecular formula is C15H19BrClNO. The molecule has 4 heteroatoms. The van der Waals surface area contributed by atoms with Gasteiger partial charge in [-0.2, -0.15) is 0 Å². The van der Waals surface area contributed by atoms with Crippen molar-refractivity contribution >= 4 is 33.4 Å². The van der Waals surface area contributed by atoms with Crippen LogP contribution in [0.25, 0.3) is 0 Å². The number of halogens is 2. The van der Waals surface area contributed by atoms with Crippen LogP contribution in [0.15, 0.2) is 22.7 Å². The molecule has 1 amide bonds. The highest BCUT2D eigenvalue weighted by Gasteiger charge is 2.25. The summed E-state index contributed by atoms with van der Waals surface area (Å²) in [5, 5.41) is 0.586. The molecule has 0 saturated heterocycles. The molecule has 0 bridgehead atoms. The van der Waals surface area contributed by atoms with Gasteiger partial charge in [0, 0.05) is 28.1 Å². The molecule has 0 radical (unpaired) electrons. The SMILES string of the molecule is CC1CCC(N(C)C(=O)c2cc(Cl)cc(Br)c2)CC1. The Bertz CT molecular complexity index is 449. The van der Waals surface area contributed by atoms with Crippen molar-refractivity contribution in [3.05, 3.63) is 33.3 Å². The van der Waals surface area contributed by atoms with Crippen LogP contribution in [0.5, 0.6) is 0 Å². The van der Waals surface area contributed by atoms with E-state index in [1.807, 2.05) is 18.0 Å². The molecule has 0 aliphatic heterocycles. The Kier molecular flexibility index (Phi) is 4.91. The van der Waals surface area contributed by atoms with Crippen molar-refractivity contribution in [3.8, 4) is 0 Å². The number of hydrogen-bond acceptors (Lipinski definition) is 1. The first kappa shape index (κ1) is 14.9. The number of hydrogen-bond donors (Lipinski definition) is 0. The van der Waals surface area contributed by atoms with Gasteiger partial charge in [0.25, 0.3) is 5.91 Å². The molecule has 0 unspecified atom stereocenters. The number of amides is 1. The third kappa shape index (κ3) is 3.73. The maximum absolute atomic E-state index is 12.5.